The summed E-state index contributed by atoms with van der Waals surface area (Å²) >= 11 is 1.67. The van der Waals surface area contributed by atoms with Crippen LogP contribution in [0.3, 0.4) is 0 Å². The van der Waals surface area contributed by atoms with Crippen LogP contribution in [0.5, 0.6) is 0 Å². The number of amides is 2. The molecular formula is C24H29N5OS. The molecule has 4 heterocycles. The molecule has 2 saturated heterocycles. The molecule has 7 heteroatoms. The lowest BCUT2D eigenvalue weighted by Crippen LogP contribution is -2.49. The van der Waals surface area contributed by atoms with E-state index in [1.165, 1.54) is 12.8 Å². The molecule has 2 fully saturated rings. The van der Waals surface area contributed by atoms with E-state index in [4.69, 9.17) is 0 Å². The highest BCUT2D eigenvalue weighted by molar-refractivity contribution is 7.16. The fourth-order valence-corrected chi connectivity index (χ4v) is 5.85. The molecule has 0 spiro atoms. The minimum absolute atomic E-state index is 0.0521. The van der Waals surface area contributed by atoms with Crippen LogP contribution in [0, 0.1) is 5.92 Å². The number of fused-ring (bicyclic) bond motifs is 1. The lowest BCUT2D eigenvalue weighted by molar-refractivity contribution is 0.146. The van der Waals surface area contributed by atoms with Crippen molar-refractivity contribution in [2.75, 3.05) is 29.9 Å². The van der Waals surface area contributed by atoms with Gasteiger partial charge in [0.2, 0.25) is 0 Å². The predicted octanol–water partition coefficient (Wildman–Crippen LogP) is 5.38. The number of urea groups is 1. The summed E-state index contributed by atoms with van der Waals surface area (Å²) in [5, 5.41) is 6.37. The monoisotopic (exact) mass is 435 g/mol. The van der Waals surface area contributed by atoms with Gasteiger partial charge in [-0.1, -0.05) is 31.0 Å². The van der Waals surface area contributed by atoms with Crippen molar-refractivity contribution in [3.63, 3.8) is 0 Å². The number of para-hydroxylation sites is 1. The number of nitrogens with one attached hydrogen (secondary N) is 1. The molecule has 2 amide bonds. The summed E-state index contributed by atoms with van der Waals surface area (Å²) < 4.78 is 0. The first kappa shape index (κ1) is 20.2. The predicted molar refractivity (Wildman–Crippen MR) is 127 cm³/mol. The lowest BCUT2D eigenvalue weighted by Gasteiger charge is -2.41. The Morgan fingerprint density at radius 2 is 1.81 bits per heavy atom. The fourth-order valence-electron chi connectivity index (χ4n) is 5.12. The average molecular weight is 436 g/mol. The van der Waals surface area contributed by atoms with E-state index in [9.17, 15) is 4.79 Å². The fraction of sp³-hybridized carbons (Fsp3) is 0.458. The molecule has 0 radical (unpaired) electrons. The Kier molecular flexibility index (Phi) is 6.02. The van der Waals surface area contributed by atoms with Gasteiger partial charge in [-0.25, -0.2) is 14.8 Å². The third kappa shape index (κ3) is 4.37. The Morgan fingerprint density at radius 3 is 2.65 bits per heavy atom. The number of nitrogens with zero attached hydrogens (tertiary/aromatic N) is 4. The molecule has 2 aromatic heterocycles. The lowest BCUT2D eigenvalue weighted by atomic mass is 9.86. The van der Waals surface area contributed by atoms with Gasteiger partial charge in [-0.05, 0) is 55.2 Å². The normalized spacial score (nSPS) is 20.6. The number of benzene rings is 1. The van der Waals surface area contributed by atoms with Crippen LogP contribution in [-0.4, -0.2) is 46.6 Å². The van der Waals surface area contributed by atoms with E-state index in [-0.39, 0.29) is 6.03 Å². The van der Waals surface area contributed by atoms with Crippen molar-refractivity contribution in [3.8, 4) is 0 Å². The smallest absolute Gasteiger partial charge is 0.322 e. The van der Waals surface area contributed by atoms with Crippen LogP contribution in [0.2, 0.25) is 0 Å². The Morgan fingerprint density at radius 1 is 0.968 bits per heavy atom. The summed E-state index contributed by atoms with van der Waals surface area (Å²) in [7, 11) is 0. The van der Waals surface area contributed by atoms with Gasteiger partial charge in [0.1, 0.15) is 17.0 Å². The van der Waals surface area contributed by atoms with Crippen LogP contribution in [0.4, 0.5) is 16.3 Å². The van der Waals surface area contributed by atoms with Crippen molar-refractivity contribution in [1.29, 1.82) is 0 Å². The number of likely N-dealkylation sites (tertiary alicyclic amines) is 1. The first-order valence-corrected chi connectivity index (χ1v) is 12.2. The molecule has 1 aromatic carbocycles. The summed E-state index contributed by atoms with van der Waals surface area (Å²) in [5.41, 5.74) is 0.869. The first-order chi connectivity index (χ1) is 15.3. The second-order valence-corrected chi connectivity index (χ2v) is 9.46. The Balaban J connectivity index is 1.28. The van der Waals surface area contributed by atoms with Gasteiger partial charge in [0.15, 0.2) is 0 Å². The van der Waals surface area contributed by atoms with Gasteiger partial charge in [-0.3, -0.25) is 0 Å². The number of thiophene rings is 1. The number of carbonyl (C=O) groups is 1. The molecule has 31 heavy (non-hydrogen) atoms. The van der Waals surface area contributed by atoms with Gasteiger partial charge in [0, 0.05) is 31.4 Å². The molecule has 1 N–H and O–H groups in total. The zero-order valence-corrected chi connectivity index (χ0v) is 18.6. The van der Waals surface area contributed by atoms with Gasteiger partial charge in [-0.2, -0.15) is 0 Å². The Bertz CT molecular complexity index is 1010. The van der Waals surface area contributed by atoms with Crippen molar-refractivity contribution in [3.05, 3.63) is 48.1 Å². The Hall–Kier alpha value is -2.67. The molecular weight excluding hydrogens is 406 g/mol. The highest BCUT2D eigenvalue weighted by Gasteiger charge is 2.34. The summed E-state index contributed by atoms with van der Waals surface area (Å²) in [6.45, 7) is 2.82. The Labute approximate surface area is 187 Å². The highest BCUT2D eigenvalue weighted by Crippen LogP contribution is 2.34. The molecule has 0 unspecified atom stereocenters. The van der Waals surface area contributed by atoms with Crippen molar-refractivity contribution in [1.82, 2.24) is 14.9 Å². The van der Waals surface area contributed by atoms with E-state index in [1.54, 1.807) is 17.7 Å². The zero-order chi connectivity index (χ0) is 21.0. The molecule has 5 rings (SSSR count). The second kappa shape index (κ2) is 9.22. The standard InChI is InChI=1S/C24H29N5OS/c30-24(27-19-7-3-1-4-8-19)29-13-6-2-5-9-21(29)18-10-14-28(15-11-18)22-20-12-16-31-23(20)26-17-25-22/h1,3-4,7-8,12,16-18,21H,2,5-6,9-11,13-15H2,(H,27,30)/t21-/m0/s1. The first-order valence-electron chi connectivity index (χ1n) is 11.4. The maximum atomic E-state index is 13.2. The van der Waals surface area contributed by atoms with E-state index in [0.29, 0.717) is 12.0 Å². The quantitative estimate of drug-likeness (QED) is 0.600. The van der Waals surface area contributed by atoms with E-state index >= 15 is 0 Å². The number of carbonyl (C=O) groups excluding carboxylic acids is 1. The number of aromatic nitrogens is 2. The molecule has 0 bridgehead atoms. The van der Waals surface area contributed by atoms with Crippen LogP contribution in [0.15, 0.2) is 48.1 Å². The van der Waals surface area contributed by atoms with E-state index in [0.717, 1.165) is 67.0 Å². The number of piperidine rings is 1. The van der Waals surface area contributed by atoms with Gasteiger partial charge in [0.05, 0.1) is 5.39 Å². The second-order valence-electron chi connectivity index (χ2n) is 8.57. The van der Waals surface area contributed by atoms with Gasteiger partial charge < -0.3 is 15.1 Å². The van der Waals surface area contributed by atoms with Crippen LogP contribution < -0.4 is 10.2 Å². The number of anilines is 2. The maximum absolute atomic E-state index is 13.2. The minimum atomic E-state index is 0.0521. The maximum Gasteiger partial charge on any atom is 0.322 e. The van der Waals surface area contributed by atoms with Crippen molar-refractivity contribution in [2.45, 2.75) is 44.6 Å². The summed E-state index contributed by atoms with van der Waals surface area (Å²) in [6, 6.07) is 12.3. The van der Waals surface area contributed by atoms with Crippen LogP contribution in [0.25, 0.3) is 10.2 Å². The minimum Gasteiger partial charge on any atom is -0.356 e. The van der Waals surface area contributed by atoms with Gasteiger partial charge in [0.25, 0.3) is 0 Å². The summed E-state index contributed by atoms with van der Waals surface area (Å²) in [6.07, 6.45) is 8.48. The molecule has 0 aliphatic carbocycles. The average Bonchev–Trinajstić information content (AvgIpc) is 3.16. The molecule has 1 atom stereocenters. The largest absolute Gasteiger partial charge is 0.356 e. The zero-order valence-electron chi connectivity index (χ0n) is 17.7. The number of hydrogen-bond acceptors (Lipinski definition) is 5. The number of hydrogen-bond donors (Lipinski definition) is 1. The van der Waals surface area contributed by atoms with Gasteiger partial charge >= 0.3 is 6.03 Å². The third-order valence-corrected chi connectivity index (χ3v) is 7.53. The van der Waals surface area contributed by atoms with E-state index in [1.807, 2.05) is 30.3 Å². The topological polar surface area (TPSA) is 61.4 Å². The SMILES string of the molecule is O=C(Nc1ccccc1)N1CCCCC[C@H]1C1CCN(c2ncnc3sccc23)CC1. The molecule has 2 aliphatic rings. The molecule has 2 aliphatic heterocycles. The third-order valence-electron chi connectivity index (χ3n) is 6.71. The summed E-state index contributed by atoms with van der Waals surface area (Å²) in [5.74, 6) is 1.60. The van der Waals surface area contributed by atoms with Crippen LogP contribution in [0.1, 0.15) is 38.5 Å². The van der Waals surface area contributed by atoms with E-state index in [2.05, 4.69) is 36.5 Å². The van der Waals surface area contributed by atoms with E-state index < -0.39 is 0 Å². The molecule has 0 saturated carbocycles. The van der Waals surface area contributed by atoms with Crippen LogP contribution >= 0.6 is 11.3 Å². The van der Waals surface area contributed by atoms with Crippen molar-refractivity contribution < 1.29 is 4.79 Å². The van der Waals surface area contributed by atoms with Crippen LogP contribution in [-0.2, 0) is 0 Å². The van der Waals surface area contributed by atoms with Crippen molar-refractivity contribution >= 4 is 39.1 Å². The molecule has 3 aromatic rings. The number of rotatable bonds is 3. The molecule has 162 valence electrons. The molecule has 6 nitrogen and oxygen atoms in total. The van der Waals surface area contributed by atoms with Gasteiger partial charge in [-0.15, -0.1) is 11.3 Å². The van der Waals surface area contributed by atoms with Crippen molar-refractivity contribution in [2.24, 2.45) is 5.92 Å². The summed E-state index contributed by atoms with van der Waals surface area (Å²) in [4.78, 5) is 27.7. The highest BCUT2D eigenvalue weighted by atomic mass is 32.1.